The highest BCUT2D eigenvalue weighted by molar-refractivity contribution is 6.31. The van der Waals surface area contributed by atoms with Gasteiger partial charge in [-0.2, -0.15) is 0 Å². The molecule has 0 unspecified atom stereocenters. The Hall–Kier alpha value is -3.51. The lowest BCUT2D eigenvalue weighted by atomic mass is 9.93. The molecule has 2 heterocycles. The van der Waals surface area contributed by atoms with Crippen LogP contribution in [0.2, 0.25) is 5.02 Å². The fourth-order valence-electron chi connectivity index (χ4n) is 3.55. The summed E-state index contributed by atoms with van der Waals surface area (Å²) in [6.45, 7) is 10.9. The Morgan fingerprint density at radius 2 is 1.84 bits per heavy atom. The second-order valence-corrected chi connectivity index (χ2v) is 10.1. The summed E-state index contributed by atoms with van der Waals surface area (Å²) in [4.78, 5) is 14.6. The second-order valence-electron chi connectivity index (χ2n) is 9.68. The first kappa shape index (κ1) is 26.6. The zero-order valence-electron chi connectivity index (χ0n) is 21.3. The average Bonchev–Trinajstić information content (AvgIpc) is 3.34. The van der Waals surface area contributed by atoms with Crippen LogP contribution < -0.4 is 15.4 Å². The van der Waals surface area contributed by atoms with E-state index in [1.807, 2.05) is 45.0 Å². The van der Waals surface area contributed by atoms with Crippen molar-refractivity contribution in [3.05, 3.63) is 70.4 Å². The molecular formula is C28H31ClN4O4. The molecule has 0 atom stereocenters. The van der Waals surface area contributed by atoms with Crippen molar-refractivity contribution in [2.24, 2.45) is 0 Å². The van der Waals surface area contributed by atoms with Crippen LogP contribution in [0.1, 0.15) is 37.7 Å². The van der Waals surface area contributed by atoms with Gasteiger partial charge in [-0.1, -0.05) is 49.4 Å². The number of urea groups is 1. The molecule has 1 aromatic heterocycles. The number of aromatic nitrogens is 1. The molecule has 8 nitrogen and oxygen atoms in total. The zero-order valence-corrected chi connectivity index (χ0v) is 22.0. The first-order valence-electron chi connectivity index (χ1n) is 12.2. The number of nitrogens with one attached hydrogen (secondary N) is 2. The Morgan fingerprint density at radius 3 is 2.51 bits per heavy atom. The monoisotopic (exact) mass is 522 g/mol. The van der Waals surface area contributed by atoms with E-state index in [4.69, 9.17) is 25.6 Å². The number of halogens is 1. The number of carbonyl (C=O) groups is 1. The van der Waals surface area contributed by atoms with Gasteiger partial charge in [0, 0.05) is 54.0 Å². The number of anilines is 2. The van der Waals surface area contributed by atoms with Crippen molar-refractivity contribution in [1.29, 1.82) is 0 Å². The van der Waals surface area contributed by atoms with Crippen LogP contribution in [0.4, 0.5) is 16.3 Å². The number of ether oxygens (including phenoxy) is 2. The number of nitrogens with zero attached hydrogens (tertiary/aromatic N) is 2. The third-order valence-corrected chi connectivity index (χ3v) is 6.01. The second kappa shape index (κ2) is 12.2. The highest BCUT2D eigenvalue weighted by atomic mass is 35.5. The predicted molar refractivity (Wildman–Crippen MR) is 144 cm³/mol. The number of hydrogen-bond donors (Lipinski definition) is 2. The molecule has 1 saturated heterocycles. The van der Waals surface area contributed by atoms with Crippen LogP contribution in [0.5, 0.6) is 5.75 Å². The van der Waals surface area contributed by atoms with Crippen molar-refractivity contribution >= 4 is 29.1 Å². The molecule has 0 saturated carbocycles. The molecule has 1 aliphatic heterocycles. The molecule has 3 aromatic rings. The lowest BCUT2D eigenvalue weighted by Gasteiger charge is -2.26. The standard InChI is InChI=1S/C28H31ClN4O4/c1-28(2,3)25-19-26(32-37-25)31-27(34)30-22-9-5-20(6-10-22)4-7-21-8-11-23(18-24(21)29)36-17-14-33-12-15-35-16-13-33/h5-6,8-11,18-19H,12-17H2,1-3H3,(H2,30,31,32,34). The number of rotatable bonds is 6. The fourth-order valence-corrected chi connectivity index (χ4v) is 3.76. The van der Waals surface area contributed by atoms with E-state index in [2.05, 4.69) is 32.5 Å². The molecule has 9 heteroatoms. The van der Waals surface area contributed by atoms with Crippen LogP contribution in [0, 0.1) is 11.8 Å². The Kier molecular flexibility index (Phi) is 8.72. The van der Waals surface area contributed by atoms with Crippen LogP contribution in [-0.2, 0) is 10.2 Å². The lowest BCUT2D eigenvalue weighted by Crippen LogP contribution is -2.38. The third kappa shape index (κ3) is 7.99. The van der Waals surface area contributed by atoms with Crippen molar-refractivity contribution in [2.75, 3.05) is 50.1 Å². The van der Waals surface area contributed by atoms with Crippen molar-refractivity contribution in [1.82, 2.24) is 10.1 Å². The topological polar surface area (TPSA) is 88.9 Å². The summed E-state index contributed by atoms with van der Waals surface area (Å²) < 4.78 is 16.5. The molecule has 0 radical (unpaired) electrons. The van der Waals surface area contributed by atoms with Gasteiger partial charge >= 0.3 is 6.03 Å². The maximum absolute atomic E-state index is 12.3. The van der Waals surface area contributed by atoms with Gasteiger partial charge in [0.15, 0.2) is 5.82 Å². The zero-order chi connectivity index (χ0) is 26.3. The minimum atomic E-state index is -0.411. The molecule has 2 aromatic carbocycles. The van der Waals surface area contributed by atoms with Crippen molar-refractivity contribution < 1.29 is 18.8 Å². The van der Waals surface area contributed by atoms with Gasteiger partial charge in [0.2, 0.25) is 0 Å². The van der Waals surface area contributed by atoms with E-state index in [1.54, 1.807) is 24.3 Å². The summed E-state index contributed by atoms with van der Waals surface area (Å²) in [7, 11) is 0. The average molecular weight is 523 g/mol. The van der Waals surface area contributed by atoms with E-state index in [0.717, 1.165) is 44.2 Å². The Labute approximate surface area is 222 Å². The quantitative estimate of drug-likeness (QED) is 0.422. The smallest absolute Gasteiger partial charge is 0.324 e. The van der Waals surface area contributed by atoms with E-state index >= 15 is 0 Å². The molecule has 194 valence electrons. The van der Waals surface area contributed by atoms with Crippen molar-refractivity contribution in [3.63, 3.8) is 0 Å². The Balaban J connectivity index is 1.27. The van der Waals surface area contributed by atoms with E-state index in [-0.39, 0.29) is 5.41 Å². The van der Waals surface area contributed by atoms with Gasteiger partial charge in [0.25, 0.3) is 0 Å². The molecule has 2 N–H and O–H groups in total. The number of amides is 2. The fraction of sp³-hybridized carbons (Fsp3) is 0.357. The summed E-state index contributed by atoms with van der Waals surface area (Å²) in [5.41, 5.74) is 1.94. The minimum Gasteiger partial charge on any atom is -0.492 e. The highest BCUT2D eigenvalue weighted by Gasteiger charge is 2.20. The van der Waals surface area contributed by atoms with Crippen LogP contribution in [0.25, 0.3) is 0 Å². The lowest BCUT2D eigenvalue weighted by molar-refractivity contribution is 0.0322. The molecule has 0 aliphatic carbocycles. The molecule has 1 fully saturated rings. The van der Waals surface area contributed by atoms with Gasteiger partial charge in [0.05, 0.1) is 18.2 Å². The molecule has 0 bridgehead atoms. The van der Waals surface area contributed by atoms with Gasteiger partial charge in [-0.15, -0.1) is 0 Å². The largest absolute Gasteiger partial charge is 0.492 e. The number of morpholine rings is 1. The van der Waals surface area contributed by atoms with Crippen LogP contribution in [-0.4, -0.2) is 55.5 Å². The molecule has 2 amide bonds. The van der Waals surface area contributed by atoms with Crippen LogP contribution >= 0.6 is 11.6 Å². The molecule has 0 spiro atoms. The third-order valence-electron chi connectivity index (χ3n) is 5.70. The van der Waals surface area contributed by atoms with E-state index in [9.17, 15) is 4.79 Å². The first-order valence-corrected chi connectivity index (χ1v) is 12.5. The summed E-state index contributed by atoms with van der Waals surface area (Å²) in [6.07, 6.45) is 0. The maximum Gasteiger partial charge on any atom is 0.324 e. The Bertz CT molecular complexity index is 1270. The first-order chi connectivity index (χ1) is 17.8. The van der Waals surface area contributed by atoms with Gasteiger partial charge in [-0.25, -0.2) is 4.79 Å². The SMILES string of the molecule is CC(C)(C)c1cc(NC(=O)Nc2ccc(C#Cc3ccc(OCCN4CCOCC4)cc3Cl)cc2)no1. The van der Waals surface area contributed by atoms with Crippen molar-refractivity contribution in [3.8, 4) is 17.6 Å². The maximum atomic E-state index is 12.3. The van der Waals surface area contributed by atoms with Gasteiger partial charge in [-0.3, -0.25) is 10.2 Å². The van der Waals surface area contributed by atoms with Crippen LogP contribution in [0.15, 0.2) is 53.1 Å². The number of carbonyl (C=O) groups excluding carboxylic acids is 1. The summed E-state index contributed by atoms with van der Waals surface area (Å²) in [5, 5.41) is 9.86. The minimum absolute atomic E-state index is 0.191. The summed E-state index contributed by atoms with van der Waals surface area (Å²) >= 11 is 6.42. The predicted octanol–water partition coefficient (Wildman–Crippen LogP) is 5.38. The van der Waals surface area contributed by atoms with Crippen LogP contribution in [0.3, 0.4) is 0 Å². The number of benzene rings is 2. The summed E-state index contributed by atoms with van der Waals surface area (Å²) in [5.74, 6) is 7.96. The highest BCUT2D eigenvalue weighted by Crippen LogP contribution is 2.25. The molecule has 37 heavy (non-hydrogen) atoms. The normalized spacial score (nSPS) is 13.9. The van der Waals surface area contributed by atoms with Gasteiger partial charge < -0.3 is 19.3 Å². The Morgan fingerprint density at radius 1 is 1.08 bits per heavy atom. The van der Waals surface area contributed by atoms with Gasteiger partial charge in [-0.05, 0) is 36.4 Å². The van der Waals surface area contributed by atoms with Gasteiger partial charge in [0.1, 0.15) is 18.1 Å². The van der Waals surface area contributed by atoms with E-state index in [1.165, 1.54) is 0 Å². The van der Waals surface area contributed by atoms with Crippen molar-refractivity contribution in [2.45, 2.75) is 26.2 Å². The molecular weight excluding hydrogens is 492 g/mol. The summed E-state index contributed by atoms with van der Waals surface area (Å²) in [6, 6.07) is 14.0. The van der Waals surface area contributed by atoms with E-state index in [0.29, 0.717) is 34.5 Å². The molecule has 1 aliphatic rings. The molecule has 4 rings (SSSR count). The van der Waals surface area contributed by atoms with E-state index < -0.39 is 6.03 Å². The number of hydrogen-bond acceptors (Lipinski definition) is 6.